The van der Waals surface area contributed by atoms with E-state index in [1.165, 1.54) is 0 Å². The Morgan fingerprint density at radius 3 is 2.35 bits per heavy atom. The van der Waals surface area contributed by atoms with Crippen molar-refractivity contribution in [2.75, 3.05) is 13.2 Å². The molecule has 2 rings (SSSR count). The SMILES string of the molecule is CC1(C)OCC(Oc2ccc(C=O)cc2)CO1. The van der Waals surface area contributed by atoms with Gasteiger partial charge in [0.25, 0.3) is 0 Å². The van der Waals surface area contributed by atoms with Crippen LogP contribution in [0.5, 0.6) is 5.75 Å². The molecular formula is C13H16O4. The van der Waals surface area contributed by atoms with Crippen LogP contribution in [0.4, 0.5) is 0 Å². The maximum absolute atomic E-state index is 10.5. The Labute approximate surface area is 100 Å². The average Bonchev–Trinajstić information content (AvgIpc) is 2.33. The number of rotatable bonds is 3. The van der Waals surface area contributed by atoms with Crippen LogP contribution >= 0.6 is 0 Å². The van der Waals surface area contributed by atoms with Crippen LogP contribution in [0.3, 0.4) is 0 Å². The standard InChI is InChI=1S/C13H16O4/c1-13(2)15-8-12(9-16-13)17-11-5-3-10(7-14)4-6-11/h3-7,12H,8-9H2,1-2H3. The molecule has 1 saturated heterocycles. The smallest absolute Gasteiger partial charge is 0.163 e. The lowest BCUT2D eigenvalue weighted by Gasteiger charge is -2.34. The fourth-order valence-electron chi connectivity index (χ4n) is 1.56. The van der Waals surface area contributed by atoms with Crippen LogP contribution in [0.25, 0.3) is 0 Å². The zero-order valence-corrected chi connectivity index (χ0v) is 10.0. The molecule has 17 heavy (non-hydrogen) atoms. The van der Waals surface area contributed by atoms with Crippen LogP contribution in [0.2, 0.25) is 0 Å². The Hall–Kier alpha value is -1.39. The van der Waals surface area contributed by atoms with Crippen molar-refractivity contribution in [1.29, 1.82) is 0 Å². The molecule has 0 radical (unpaired) electrons. The molecule has 0 atom stereocenters. The molecule has 0 amide bonds. The predicted molar refractivity (Wildman–Crippen MR) is 62.2 cm³/mol. The molecule has 92 valence electrons. The molecule has 1 aliphatic rings. The van der Waals surface area contributed by atoms with Crippen LogP contribution < -0.4 is 4.74 Å². The van der Waals surface area contributed by atoms with Crippen LogP contribution in [-0.2, 0) is 9.47 Å². The largest absolute Gasteiger partial charge is 0.486 e. The molecule has 0 aromatic heterocycles. The highest BCUT2D eigenvalue weighted by atomic mass is 16.7. The highest BCUT2D eigenvalue weighted by Gasteiger charge is 2.29. The highest BCUT2D eigenvalue weighted by molar-refractivity contribution is 5.74. The molecule has 0 saturated carbocycles. The number of ether oxygens (including phenoxy) is 3. The highest BCUT2D eigenvalue weighted by Crippen LogP contribution is 2.21. The van der Waals surface area contributed by atoms with Crippen LogP contribution in [0.1, 0.15) is 24.2 Å². The third-order valence-corrected chi connectivity index (χ3v) is 2.55. The summed E-state index contributed by atoms with van der Waals surface area (Å²) in [6, 6.07) is 6.97. The molecule has 1 aromatic carbocycles. The van der Waals surface area contributed by atoms with Gasteiger partial charge in [-0.3, -0.25) is 4.79 Å². The Bertz CT molecular complexity index is 373. The Kier molecular flexibility index (Phi) is 3.45. The van der Waals surface area contributed by atoms with Crippen molar-refractivity contribution in [1.82, 2.24) is 0 Å². The van der Waals surface area contributed by atoms with Gasteiger partial charge in [0.15, 0.2) is 5.79 Å². The normalized spacial score (nSPS) is 19.9. The molecule has 0 spiro atoms. The molecule has 4 heteroatoms. The van der Waals surface area contributed by atoms with E-state index in [2.05, 4.69) is 0 Å². The summed E-state index contributed by atoms with van der Waals surface area (Å²) in [4.78, 5) is 10.5. The molecule has 0 aliphatic carbocycles. The van der Waals surface area contributed by atoms with Gasteiger partial charge in [-0.05, 0) is 38.1 Å². The maximum Gasteiger partial charge on any atom is 0.163 e. The first-order valence-electron chi connectivity index (χ1n) is 5.59. The van der Waals surface area contributed by atoms with E-state index in [-0.39, 0.29) is 6.10 Å². The van der Waals surface area contributed by atoms with E-state index in [4.69, 9.17) is 14.2 Å². The minimum atomic E-state index is -0.527. The van der Waals surface area contributed by atoms with E-state index >= 15 is 0 Å². The first-order chi connectivity index (χ1) is 8.09. The maximum atomic E-state index is 10.5. The number of aldehydes is 1. The van der Waals surface area contributed by atoms with E-state index in [0.717, 1.165) is 6.29 Å². The van der Waals surface area contributed by atoms with E-state index < -0.39 is 5.79 Å². The fourth-order valence-corrected chi connectivity index (χ4v) is 1.56. The second-order valence-corrected chi connectivity index (χ2v) is 4.45. The van der Waals surface area contributed by atoms with Crippen molar-refractivity contribution in [2.45, 2.75) is 25.7 Å². The predicted octanol–water partition coefficient (Wildman–Crippen LogP) is 2.03. The Morgan fingerprint density at radius 2 is 1.82 bits per heavy atom. The first-order valence-corrected chi connectivity index (χ1v) is 5.59. The average molecular weight is 236 g/mol. The molecule has 0 N–H and O–H groups in total. The topological polar surface area (TPSA) is 44.8 Å². The van der Waals surface area contributed by atoms with Gasteiger partial charge >= 0.3 is 0 Å². The second-order valence-electron chi connectivity index (χ2n) is 4.45. The van der Waals surface area contributed by atoms with Crippen molar-refractivity contribution in [3.63, 3.8) is 0 Å². The van der Waals surface area contributed by atoms with Gasteiger partial charge in [0.1, 0.15) is 18.1 Å². The van der Waals surface area contributed by atoms with Gasteiger partial charge in [0, 0.05) is 5.56 Å². The second kappa shape index (κ2) is 4.85. The first kappa shape index (κ1) is 12.1. The lowest BCUT2D eigenvalue weighted by Crippen LogP contribution is -2.44. The van der Waals surface area contributed by atoms with E-state index in [1.54, 1.807) is 24.3 Å². The third kappa shape index (κ3) is 3.28. The van der Waals surface area contributed by atoms with Gasteiger partial charge in [-0.1, -0.05) is 0 Å². The summed E-state index contributed by atoms with van der Waals surface area (Å²) < 4.78 is 16.7. The summed E-state index contributed by atoms with van der Waals surface area (Å²) in [7, 11) is 0. The number of hydrogen-bond acceptors (Lipinski definition) is 4. The van der Waals surface area contributed by atoms with E-state index in [1.807, 2.05) is 13.8 Å². The molecule has 1 fully saturated rings. The number of hydrogen-bond donors (Lipinski definition) is 0. The summed E-state index contributed by atoms with van der Waals surface area (Å²) >= 11 is 0. The molecule has 4 nitrogen and oxygen atoms in total. The Balaban J connectivity index is 1.91. The van der Waals surface area contributed by atoms with E-state index in [0.29, 0.717) is 24.5 Å². The van der Waals surface area contributed by atoms with Gasteiger partial charge in [-0.2, -0.15) is 0 Å². The number of carbonyl (C=O) groups excluding carboxylic acids is 1. The van der Waals surface area contributed by atoms with Crippen LogP contribution in [0.15, 0.2) is 24.3 Å². The quantitative estimate of drug-likeness (QED) is 0.753. The van der Waals surface area contributed by atoms with Crippen molar-refractivity contribution >= 4 is 6.29 Å². The van der Waals surface area contributed by atoms with Crippen molar-refractivity contribution in [2.24, 2.45) is 0 Å². The van der Waals surface area contributed by atoms with Gasteiger partial charge in [-0.15, -0.1) is 0 Å². The van der Waals surface area contributed by atoms with Gasteiger partial charge < -0.3 is 14.2 Å². The van der Waals surface area contributed by atoms with Crippen molar-refractivity contribution in [3.8, 4) is 5.75 Å². The zero-order chi connectivity index (χ0) is 12.3. The molecular weight excluding hydrogens is 220 g/mol. The summed E-state index contributed by atoms with van der Waals surface area (Å²) in [5.74, 6) is 0.189. The molecule has 1 heterocycles. The number of benzene rings is 1. The monoisotopic (exact) mass is 236 g/mol. The molecule has 1 aromatic rings. The fraction of sp³-hybridized carbons (Fsp3) is 0.462. The van der Waals surface area contributed by atoms with Crippen LogP contribution in [-0.4, -0.2) is 31.4 Å². The summed E-state index contributed by atoms with van der Waals surface area (Å²) in [5, 5.41) is 0. The molecule has 1 aliphatic heterocycles. The van der Waals surface area contributed by atoms with E-state index in [9.17, 15) is 4.79 Å². The van der Waals surface area contributed by atoms with Crippen molar-refractivity contribution in [3.05, 3.63) is 29.8 Å². The number of carbonyl (C=O) groups is 1. The minimum Gasteiger partial charge on any atom is -0.486 e. The van der Waals surface area contributed by atoms with Gasteiger partial charge in [-0.25, -0.2) is 0 Å². The third-order valence-electron chi connectivity index (χ3n) is 2.55. The molecule has 0 unspecified atom stereocenters. The summed E-state index contributed by atoms with van der Waals surface area (Å²) in [5.41, 5.74) is 0.634. The van der Waals surface area contributed by atoms with Gasteiger partial charge in [0.2, 0.25) is 0 Å². The summed E-state index contributed by atoms with van der Waals surface area (Å²) in [6.07, 6.45) is 0.698. The lowest BCUT2D eigenvalue weighted by atomic mass is 10.2. The lowest BCUT2D eigenvalue weighted by molar-refractivity contribution is -0.268. The van der Waals surface area contributed by atoms with Gasteiger partial charge in [0.05, 0.1) is 13.2 Å². The van der Waals surface area contributed by atoms with Crippen LogP contribution in [0, 0.1) is 0 Å². The minimum absolute atomic E-state index is 0.106. The summed E-state index contributed by atoms with van der Waals surface area (Å²) in [6.45, 7) is 4.76. The zero-order valence-electron chi connectivity index (χ0n) is 10.0. The molecule has 0 bridgehead atoms. The Morgan fingerprint density at radius 1 is 1.24 bits per heavy atom. The van der Waals surface area contributed by atoms with Crippen molar-refractivity contribution < 1.29 is 19.0 Å².